The summed E-state index contributed by atoms with van der Waals surface area (Å²) in [6, 6.07) is 12.1. The van der Waals surface area contributed by atoms with Crippen LogP contribution in [0.4, 0.5) is 5.13 Å². The maximum Gasteiger partial charge on any atom is 0.244 e. The standard InChI is InChI=1S/C21H25N3O3S2.ClH/c1-15-10-11-16(2)20-19(15)22-21(28-20)24(13-12-23(3)4)18(25)14-29(26,27)17-8-6-5-7-9-17;/h5-11H,12-14H2,1-4H3;1H. The largest absolute Gasteiger partial charge is 0.308 e. The molecule has 0 aliphatic rings. The monoisotopic (exact) mass is 467 g/mol. The number of halogens is 1. The fourth-order valence-corrected chi connectivity index (χ4v) is 5.32. The zero-order chi connectivity index (χ0) is 21.2. The van der Waals surface area contributed by atoms with Gasteiger partial charge in [-0.15, -0.1) is 12.4 Å². The molecule has 1 amide bonds. The molecule has 0 saturated carbocycles. The van der Waals surface area contributed by atoms with Gasteiger partial charge < -0.3 is 4.90 Å². The van der Waals surface area contributed by atoms with Gasteiger partial charge in [-0.2, -0.15) is 0 Å². The van der Waals surface area contributed by atoms with Gasteiger partial charge in [0.1, 0.15) is 5.75 Å². The molecule has 162 valence electrons. The second-order valence-electron chi connectivity index (χ2n) is 7.29. The molecule has 30 heavy (non-hydrogen) atoms. The second-order valence-corrected chi connectivity index (χ2v) is 10.3. The van der Waals surface area contributed by atoms with Gasteiger partial charge in [-0.25, -0.2) is 13.4 Å². The van der Waals surface area contributed by atoms with Crippen molar-refractivity contribution in [1.82, 2.24) is 9.88 Å². The highest BCUT2D eigenvalue weighted by atomic mass is 35.5. The Balaban J connectivity index is 0.00000320. The predicted octanol–water partition coefficient (Wildman–Crippen LogP) is 3.70. The normalized spacial score (nSPS) is 11.5. The maximum atomic E-state index is 13.1. The van der Waals surface area contributed by atoms with E-state index in [0.29, 0.717) is 18.2 Å². The number of nitrogens with zero attached hydrogens (tertiary/aromatic N) is 3. The molecule has 3 rings (SSSR count). The lowest BCUT2D eigenvalue weighted by Gasteiger charge is -2.22. The average molecular weight is 468 g/mol. The number of aryl methyl sites for hydroxylation is 2. The van der Waals surface area contributed by atoms with Gasteiger partial charge in [0.25, 0.3) is 0 Å². The van der Waals surface area contributed by atoms with Crippen LogP contribution in [0.25, 0.3) is 10.2 Å². The number of fused-ring (bicyclic) bond motifs is 1. The van der Waals surface area contributed by atoms with E-state index in [4.69, 9.17) is 0 Å². The number of sulfone groups is 1. The SMILES string of the molecule is Cc1ccc(C)c2sc(N(CCN(C)C)C(=O)CS(=O)(=O)c3ccccc3)nc12.Cl. The van der Waals surface area contributed by atoms with Crippen LogP contribution in [0.1, 0.15) is 11.1 Å². The van der Waals surface area contributed by atoms with Gasteiger partial charge in [-0.1, -0.05) is 41.7 Å². The Kier molecular flexibility index (Phi) is 7.99. The van der Waals surface area contributed by atoms with Crippen LogP contribution >= 0.6 is 23.7 Å². The first-order valence-electron chi connectivity index (χ1n) is 9.28. The fourth-order valence-electron chi connectivity index (χ4n) is 2.94. The van der Waals surface area contributed by atoms with Crippen LogP contribution in [0.15, 0.2) is 47.4 Å². The minimum absolute atomic E-state index is 0. The van der Waals surface area contributed by atoms with E-state index < -0.39 is 21.5 Å². The number of anilines is 1. The molecule has 0 unspecified atom stereocenters. The topological polar surface area (TPSA) is 70.6 Å². The minimum Gasteiger partial charge on any atom is -0.308 e. The van der Waals surface area contributed by atoms with E-state index >= 15 is 0 Å². The van der Waals surface area contributed by atoms with Crippen LogP contribution in [0.3, 0.4) is 0 Å². The number of aromatic nitrogens is 1. The Bertz CT molecular complexity index is 1090. The molecule has 6 nitrogen and oxygen atoms in total. The number of likely N-dealkylation sites (N-methyl/N-ethyl adjacent to an activating group) is 1. The molecule has 0 N–H and O–H groups in total. The first kappa shape index (κ1) is 24.3. The Hall–Kier alpha value is -2.00. The summed E-state index contributed by atoms with van der Waals surface area (Å²) in [4.78, 5) is 21.4. The molecule has 0 aliphatic carbocycles. The molecule has 1 heterocycles. The summed E-state index contributed by atoms with van der Waals surface area (Å²) in [5.41, 5.74) is 2.98. The summed E-state index contributed by atoms with van der Waals surface area (Å²) in [6.45, 7) is 4.96. The second kappa shape index (κ2) is 9.87. The smallest absolute Gasteiger partial charge is 0.244 e. The van der Waals surface area contributed by atoms with Crippen molar-refractivity contribution >= 4 is 54.8 Å². The van der Waals surface area contributed by atoms with Crippen LogP contribution in [-0.4, -0.2) is 57.1 Å². The van der Waals surface area contributed by atoms with Gasteiger partial charge in [0.15, 0.2) is 15.0 Å². The predicted molar refractivity (Wildman–Crippen MR) is 126 cm³/mol. The lowest BCUT2D eigenvalue weighted by molar-refractivity contribution is -0.116. The summed E-state index contributed by atoms with van der Waals surface area (Å²) in [7, 11) is 0.1000. The number of carbonyl (C=O) groups is 1. The van der Waals surface area contributed by atoms with E-state index in [0.717, 1.165) is 21.3 Å². The molecule has 0 saturated heterocycles. The van der Waals surface area contributed by atoms with Gasteiger partial charge in [-0.3, -0.25) is 9.69 Å². The molecule has 0 spiro atoms. The maximum absolute atomic E-state index is 13.1. The number of amides is 1. The van der Waals surface area contributed by atoms with Gasteiger partial charge in [-0.05, 0) is 51.2 Å². The first-order chi connectivity index (χ1) is 13.7. The first-order valence-corrected chi connectivity index (χ1v) is 11.8. The van der Waals surface area contributed by atoms with Crippen molar-refractivity contribution in [3.63, 3.8) is 0 Å². The van der Waals surface area contributed by atoms with Crippen molar-refractivity contribution in [2.24, 2.45) is 0 Å². The highest BCUT2D eigenvalue weighted by Crippen LogP contribution is 2.33. The molecule has 0 radical (unpaired) electrons. The zero-order valence-electron chi connectivity index (χ0n) is 17.5. The van der Waals surface area contributed by atoms with Crippen molar-refractivity contribution in [1.29, 1.82) is 0 Å². The number of benzene rings is 2. The lowest BCUT2D eigenvalue weighted by atomic mass is 10.1. The number of hydrogen-bond donors (Lipinski definition) is 0. The van der Waals surface area contributed by atoms with E-state index in [-0.39, 0.29) is 17.3 Å². The van der Waals surface area contributed by atoms with Crippen molar-refractivity contribution < 1.29 is 13.2 Å². The fraction of sp³-hybridized carbons (Fsp3) is 0.333. The van der Waals surface area contributed by atoms with Crippen LogP contribution in [0.2, 0.25) is 0 Å². The summed E-state index contributed by atoms with van der Waals surface area (Å²) >= 11 is 1.43. The number of carbonyl (C=O) groups excluding carboxylic acids is 1. The summed E-state index contributed by atoms with van der Waals surface area (Å²) in [5.74, 6) is -1.05. The number of thiazole rings is 1. The highest BCUT2D eigenvalue weighted by molar-refractivity contribution is 7.92. The average Bonchev–Trinajstić information content (AvgIpc) is 3.11. The molecule has 3 aromatic rings. The molecule has 9 heteroatoms. The summed E-state index contributed by atoms with van der Waals surface area (Å²) in [6.07, 6.45) is 0. The molecular formula is C21H26ClN3O3S2. The zero-order valence-corrected chi connectivity index (χ0v) is 19.9. The van der Waals surface area contributed by atoms with E-state index in [9.17, 15) is 13.2 Å². The van der Waals surface area contributed by atoms with Crippen LogP contribution in [0.5, 0.6) is 0 Å². The van der Waals surface area contributed by atoms with E-state index in [1.165, 1.54) is 28.4 Å². The van der Waals surface area contributed by atoms with Crippen molar-refractivity contribution in [2.75, 3.05) is 37.8 Å². The molecule has 0 bridgehead atoms. The Morgan fingerprint density at radius 1 is 1.00 bits per heavy atom. The summed E-state index contributed by atoms with van der Waals surface area (Å²) in [5, 5.41) is 0.535. The lowest BCUT2D eigenvalue weighted by Crippen LogP contribution is -2.40. The van der Waals surface area contributed by atoms with Crippen LogP contribution in [0, 0.1) is 13.8 Å². The van der Waals surface area contributed by atoms with E-state index in [1.54, 1.807) is 18.2 Å². The van der Waals surface area contributed by atoms with E-state index in [2.05, 4.69) is 4.98 Å². The van der Waals surface area contributed by atoms with Gasteiger partial charge in [0.05, 0.1) is 15.1 Å². The van der Waals surface area contributed by atoms with Crippen molar-refractivity contribution in [3.05, 3.63) is 53.6 Å². The third kappa shape index (κ3) is 5.37. The van der Waals surface area contributed by atoms with Crippen molar-refractivity contribution in [3.8, 4) is 0 Å². The third-order valence-corrected chi connectivity index (χ3v) is 7.48. The Morgan fingerprint density at radius 3 is 2.23 bits per heavy atom. The minimum atomic E-state index is -3.73. The molecule has 0 aliphatic heterocycles. The van der Waals surface area contributed by atoms with E-state index in [1.807, 2.05) is 45.0 Å². The third-order valence-electron chi connectivity index (χ3n) is 4.65. The highest BCUT2D eigenvalue weighted by Gasteiger charge is 2.26. The Morgan fingerprint density at radius 2 is 1.63 bits per heavy atom. The van der Waals surface area contributed by atoms with Crippen LogP contribution < -0.4 is 4.90 Å². The summed E-state index contributed by atoms with van der Waals surface area (Å²) < 4.78 is 26.5. The Labute approximate surface area is 187 Å². The molecule has 0 atom stereocenters. The molecular weight excluding hydrogens is 442 g/mol. The molecule has 2 aromatic carbocycles. The van der Waals surface area contributed by atoms with Gasteiger partial charge in [0.2, 0.25) is 5.91 Å². The van der Waals surface area contributed by atoms with Crippen LogP contribution in [-0.2, 0) is 14.6 Å². The number of hydrogen-bond acceptors (Lipinski definition) is 6. The number of rotatable bonds is 7. The van der Waals surface area contributed by atoms with Gasteiger partial charge in [0, 0.05) is 13.1 Å². The molecule has 0 fully saturated rings. The quantitative estimate of drug-likeness (QED) is 0.529. The van der Waals surface area contributed by atoms with Gasteiger partial charge >= 0.3 is 0 Å². The van der Waals surface area contributed by atoms with Crippen molar-refractivity contribution in [2.45, 2.75) is 18.7 Å². The molecule has 1 aromatic heterocycles.